The van der Waals surface area contributed by atoms with Crippen molar-refractivity contribution in [2.45, 2.75) is 6.92 Å². The van der Waals surface area contributed by atoms with Crippen LogP contribution in [0.25, 0.3) is 0 Å². The summed E-state index contributed by atoms with van der Waals surface area (Å²) in [5, 5.41) is 3.11. The molecule has 0 amide bonds. The first-order chi connectivity index (χ1) is 5.38. The highest BCUT2D eigenvalue weighted by molar-refractivity contribution is 5.30. The summed E-state index contributed by atoms with van der Waals surface area (Å²) in [6, 6.07) is 0. The molecular weight excluding hydrogens is 138 g/mol. The normalized spacial score (nSPS) is 25.2. The van der Waals surface area contributed by atoms with Crippen LogP contribution in [0.5, 0.6) is 0 Å². The van der Waals surface area contributed by atoms with Crippen molar-refractivity contribution in [2.24, 2.45) is 0 Å². The zero-order valence-corrected chi connectivity index (χ0v) is 6.76. The Morgan fingerprint density at radius 1 is 1.64 bits per heavy atom. The molecule has 60 valence electrons. The molecule has 1 heterocycles. The van der Waals surface area contributed by atoms with E-state index in [9.17, 15) is 0 Å². The van der Waals surface area contributed by atoms with E-state index in [1.165, 1.54) is 5.57 Å². The molecule has 0 aliphatic carbocycles. The van der Waals surface area contributed by atoms with Crippen LogP contribution in [0.2, 0.25) is 0 Å². The Kier molecular flexibility index (Phi) is 2.93. The summed E-state index contributed by atoms with van der Waals surface area (Å²) in [6.45, 7) is 7.10. The van der Waals surface area contributed by atoms with Gasteiger partial charge in [0, 0.05) is 12.1 Å². The lowest BCUT2D eigenvalue weighted by molar-refractivity contribution is 0.177. The van der Waals surface area contributed by atoms with Gasteiger partial charge in [-0.05, 0) is 13.0 Å². The van der Waals surface area contributed by atoms with Crippen molar-refractivity contribution in [2.75, 3.05) is 13.3 Å². The van der Waals surface area contributed by atoms with Crippen molar-refractivity contribution in [3.63, 3.8) is 0 Å². The van der Waals surface area contributed by atoms with Crippen LogP contribution >= 0.6 is 0 Å². The van der Waals surface area contributed by atoms with E-state index in [1.54, 1.807) is 6.08 Å². The van der Waals surface area contributed by atoms with Crippen molar-refractivity contribution in [1.82, 2.24) is 5.32 Å². The molecule has 1 saturated heterocycles. The number of hydrogen-bond acceptors (Lipinski definition) is 2. The Morgan fingerprint density at radius 2 is 2.45 bits per heavy atom. The summed E-state index contributed by atoms with van der Waals surface area (Å²) in [5.74, 6) is 0.932. The molecule has 0 unspecified atom stereocenters. The van der Waals surface area contributed by atoms with Crippen LogP contribution < -0.4 is 5.32 Å². The maximum atomic E-state index is 5.33. The predicted octanol–water partition coefficient (Wildman–Crippen LogP) is 1.58. The van der Waals surface area contributed by atoms with Crippen LogP contribution in [0.4, 0.5) is 0 Å². The summed E-state index contributed by atoms with van der Waals surface area (Å²) in [4.78, 5) is 0. The molecule has 11 heavy (non-hydrogen) atoms. The van der Waals surface area contributed by atoms with E-state index in [-0.39, 0.29) is 0 Å². The lowest BCUT2D eigenvalue weighted by atomic mass is 10.2. The molecule has 0 atom stereocenters. The van der Waals surface area contributed by atoms with E-state index in [4.69, 9.17) is 4.74 Å². The molecule has 0 spiro atoms. The van der Waals surface area contributed by atoms with Crippen molar-refractivity contribution in [1.29, 1.82) is 0 Å². The van der Waals surface area contributed by atoms with Gasteiger partial charge in [0.1, 0.15) is 12.5 Å². The zero-order chi connectivity index (χ0) is 8.10. The van der Waals surface area contributed by atoms with Crippen molar-refractivity contribution in [3.8, 4) is 0 Å². The van der Waals surface area contributed by atoms with Gasteiger partial charge < -0.3 is 4.74 Å². The van der Waals surface area contributed by atoms with Gasteiger partial charge in [0.2, 0.25) is 0 Å². The number of hydrogen-bond donors (Lipinski definition) is 1. The molecule has 1 rings (SSSR count). The van der Waals surface area contributed by atoms with Gasteiger partial charge in [0.15, 0.2) is 0 Å². The first-order valence-electron chi connectivity index (χ1n) is 3.70. The van der Waals surface area contributed by atoms with Crippen LogP contribution in [0.1, 0.15) is 6.92 Å². The van der Waals surface area contributed by atoms with Crippen LogP contribution in [0, 0.1) is 0 Å². The molecule has 2 heteroatoms. The average Bonchev–Trinajstić information content (AvgIpc) is 2.06. The highest BCUT2D eigenvalue weighted by Gasteiger charge is 2.09. The monoisotopic (exact) mass is 151 g/mol. The highest BCUT2D eigenvalue weighted by atomic mass is 16.5. The molecule has 0 aromatic rings. The standard InChI is InChI=1S/C9H13NO/c1-3-5-9-8(4-2)6-10-7-11-9/h3-5,10H,1,6-7H2,2H3/b8-4-,9-5+. The minimum absolute atomic E-state index is 0.594. The molecule has 0 radical (unpaired) electrons. The van der Waals surface area contributed by atoms with Gasteiger partial charge in [0.05, 0.1) is 0 Å². The minimum atomic E-state index is 0.594. The molecule has 1 fully saturated rings. The molecule has 1 aliphatic rings. The third-order valence-corrected chi connectivity index (χ3v) is 1.58. The fourth-order valence-corrected chi connectivity index (χ4v) is 1.00. The molecule has 0 aromatic carbocycles. The molecular formula is C9H13NO. The molecule has 0 aromatic heterocycles. The van der Waals surface area contributed by atoms with Crippen molar-refractivity contribution < 1.29 is 4.74 Å². The van der Waals surface area contributed by atoms with Gasteiger partial charge in [-0.15, -0.1) is 0 Å². The molecule has 1 N–H and O–H groups in total. The van der Waals surface area contributed by atoms with E-state index in [0.29, 0.717) is 6.73 Å². The third kappa shape index (κ3) is 1.95. The van der Waals surface area contributed by atoms with E-state index in [1.807, 2.05) is 19.1 Å². The van der Waals surface area contributed by atoms with Gasteiger partial charge in [-0.25, -0.2) is 0 Å². The lowest BCUT2D eigenvalue weighted by Gasteiger charge is -2.19. The maximum Gasteiger partial charge on any atom is 0.139 e. The first kappa shape index (κ1) is 8.08. The van der Waals surface area contributed by atoms with Crippen molar-refractivity contribution in [3.05, 3.63) is 36.1 Å². The largest absolute Gasteiger partial charge is 0.478 e. The molecule has 0 bridgehead atoms. The topological polar surface area (TPSA) is 21.3 Å². The average molecular weight is 151 g/mol. The highest BCUT2D eigenvalue weighted by Crippen LogP contribution is 2.13. The summed E-state index contributed by atoms with van der Waals surface area (Å²) < 4.78 is 5.33. The predicted molar refractivity (Wildman–Crippen MR) is 46.0 cm³/mol. The van der Waals surface area contributed by atoms with E-state index < -0.39 is 0 Å². The van der Waals surface area contributed by atoms with Gasteiger partial charge in [-0.1, -0.05) is 18.7 Å². The summed E-state index contributed by atoms with van der Waals surface area (Å²) in [7, 11) is 0. The zero-order valence-electron chi connectivity index (χ0n) is 6.76. The van der Waals surface area contributed by atoms with E-state index in [0.717, 1.165) is 12.3 Å². The first-order valence-corrected chi connectivity index (χ1v) is 3.70. The Balaban J connectivity index is 2.74. The van der Waals surface area contributed by atoms with Crippen molar-refractivity contribution >= 4 is 0 Å². The van der Waals surface area contributed by atoms with Crippen LogP contribution in [0.15, 0.2) is 36.1 Å². The van der Waals surface area contributed by atoms with Gasteiger partial charge in [-0.3, -0.25) is 5.32 Å². The van der Waals surface area contributed by atoms with Crippen LogP contribution in [-0.4, -0.2) is 13.3 Å². The maximum absolute atomic E-state index is 5.33. The second-order valence-corrected chi connectivity index (χ2v) is 2.30. The van der Waals surface area contributed by atoms with Gasteiger partial charge in [-0.2, -0.15) is 0 Å². The van der Waals surface area contributed by atoms with E-state index in [2.05, 4.69) is 11.9 Å². The fraction of sp³-hybridized carbons (Fsp3) is 0.333. The number of allylic oxidation sites excluding steroid dienone is 3. The molecule has 2 nitrogen and oxygen atoms in total. The van der Waals surface area contributed by atoms with E-state index >= 15 is 0 Å². The summed E-state index contributed by atoms with van der Waals surface area (Å²) in [6.07, 6.45) is 5.67. The smallest absolute Gasteiger partial charge is 0.139 e. The second-order valence-electron chi connectivity index (χ2n) is 2.30. The number of ether oxygens (including phenoxy) is 1. The minimum Gasteiger partial charge on any atom is -0.478 e. The quantitative estimate of drug-likeness (QED) is 0.614. The Hall–Kier alpha value is -1.02. The fourth-order valence-electron chi connectivity index (χ4n) is 1.00. The molecule has 1 aliphatic heterocycles. The Bertz CT molecular complexity index is 204. The van der Waals surface area contributed by atoms with Gasteiger partial charge >= 0.3 is 0 Å². The third-order valence-electron chi connectivity index (χ3n) is 1.58. The number of rotatable bonds is 1. The number of nitrogens with one attached hydrogen (secondary N) is 1. The van der Waals surface area contributed by atoms with Crippen LogP contribution in [-0.2, 0) is 4.74 Å². The lowest BCUT2D eigenvalue weighted by Crippen LogP contribution is -2.27. The molecule has 0 saturated carbocycles. The Morgan fingerprint density at radius 3 is 3.09 bits per heavy atom. The summed E-state index contributed by atoms with van der Waals surface area (Å²) >= 11 is 0. The van der Waals surface area contributed by atoms with Gasteiger partial charge in [0.25, 0.3) is 0 Å². The SMILES string of the molecule is C=C/C=C1/OCNC/C1=C/C. The Labute approximate surface area is 67.2 Å². The second kappa shape index (κ2) is 3.98. The van der Waals surface area contributed by atoms with Crippen LogP contribution in [0.3, 0.4) is 0 Å². The summed E-state index contributed by atoms with van der Waals surface area (Å²) in [5.41, 5.74) is 1.19.